The summed E-state index contributed by atoms with van der Waals surface area (Å²) in [6.07, 6.45) is 0. The SMILES string of the molecule is CC(=O)NC(=O)NSc1cccc(C)c1C. The monoisotopic (exact) mass is 238 g/mol. The molecule has 0 atom stereocenters. The lowest BCUT2D eigenvalue weighted by Gasteiger charge is -2.08. The Morgan fingerprint density at radius 2 is 1.94 bits per heavy atom. The van der Waals surface area contributed by atoms with Crippen molar-refractivity contribution in [1.29, 1.82) is 0 Å². The van der Waals surface area contributed by atoms with E-state index in [9.17, 15) is 9.59 Å². The highest BCUT2D eigenvalue weighted by Gasteiger charge is 2.05. The van der Waals surface area contributed by atoms with Gasteiger partial charge in [-0.25, -0.2) is 4.79 Å². The Kier molecular flexibility index (Phi) is 4.37. The summed E-state index contributed by atoms with van der Waals surface area (Å²) < 4.78 is 2.54. The molecule has 1 aromatic carbocycles. The summed E-state index contributed by atoms with van der Waals surface area (Å²) in [5.41, 5.74) is 2.29. The van der Waals surface area contributed by atoms with E-state index in [4.69, 9.17) is 0 Å². The topological polar surface area (TPSA) is 58.2 Å². The van der Waals surface area contributed by atoms with Gasteiger partial charge in [-0.3, -0.25) is 14.8 Å². The summed E-state index contributed by atoms with van der Waals surface area (Å²) in [5, 5.41) is 2.14. The van der Waals surface area contributed by atoms with Gasteiger partial charge < -0.3 is 0 Å². The summed E-state index contributed by atoms with van der Waals surface area (Å²) in [6.45, 7) is 5.29. The van der Waals surface area contributed by atoms with Gasteiger partial charge in [0, 0.05) is 11.8 Å². The molecule has 0 aliphatic carbocycles. The Morgan fingerprint density at radius 1 is 1.25 bits per heavy atom. The van der Waals surface area contributed by atoms with Crippen LogP contribution in [0, 0.1) is 13.8 Å². The summed E-state index contributed by atoms with van der Waals surface area (Å²) in [5.74, 6) is -0.376. The number of nitrogens with one attached hydrogen (secondary N) is 2. The van der Waals surface area contributed by atoms with Gasteiger partial charge in [0.25, 0.3) is 0 Å². The molecule has 0 fully saturated rings. The molecule has 0 saturated carbocycles. The second kappa shape index (κ2) is 5.55. The van der Waals surface area contributed by atoms with Crippen LogP contribution in [0.2, 0.25) is 0 Å². The van der Waals surface area contributed by atoms with Gasteiger partial charge in [0.05, 0.1) is 0 Å². The highest BCUT2D eigenvalue weighted by atomic mass is 32.2. The minimum Gasteiger partial charge on any atom is -0.278 e. The van der Waals surface area contributed by atoms with Crippen molar-refractivity contribution in [3.8, 4) is 0 Å². The highest BCUT2D eigenvalue weighted by molar-refractivity contribution is 7.98. The van der Waals surface area contributed by atoms with E-state index in [1.807, 2.05) is 32.0 Å². The molecule has 2 N–H and O–H groups in total. The van der Waals surface area contributed by atoms with E-state index in [-0.39, 0.29) is 5.91 Å². The van der Waals surface area contributed by atoms with Gasteiger partial charge in [0.2, 0.25) is 5.91 Å². The molecule has 16 heavy (non-hydrogen) atoms. The Hall–Kier alpha value is -1.49. The van der Waals surface area contributed by atoms with E-state index in [0.717, 1.165) is 10.5 Å². The maximum Gasteiger partial charge on any atom is 0.331 e. The van der Waals surface area contributed by atoms with E-state index in [1.165, 1.54) is 24.4 Å². The van der Waals surface area contributed by atoms with Crippen LogP contribution in [0.5, 0.6) is 0 Å². The average Bonchev–Trinajstić information content (AvgIpc) is 2.19. The van der Waals surface area contributed by atoms with Crippen molar-refractivity contribution in [3.05, 3.63) is 29.3 Å². The van der Waals surface area contributed by atoms with Crippen molar-refractivity contribution in [2.24, 2.45) is 0 Å². The van der Waals surface area contributed by atoms with Crippen LogP contribution in [0.3, 0.4) is 0 Å². The van der Waals surface area contributed by atoms with Crippen molar-refractivity contribution in [1.82, 2.24) is 10.0 Å². The molecule has 0 spiro atoms. The number of rotatable bonds is 2. The van der Waals surface area contributed by atoms with Crippen molar-refractivity contribution in [3.63, 3.8) is 0 Å². The van der Waals surface area contributed by atoms with Crippen molar-refractivity contribution < 1.29 is 9.59 Å². The van der Waals surface area contributed by atoms with Gasteiger partial charge in [0.1, 0.15) is 0 Å². The molecule has 0 heterocycles. The predicted octanol–water partition coefficient (Wildman–Crippen LogP) is 2.16. The number of benzene rings is 1. The van der Waals surface area contributed by atoms with Crippen LogP contribution in [-0.2, 0) is 4.79 Å². The van der Waals surface area contributed by atoms with E-state index in [2.05, 4.69) is 10.0 Å². The third-order valence-electron chi connectivity index (χ3n) is 2.10. The number of urea groups is 1. The summed E-state index contributed by atoms with van der Waals surface area (Å²) in [6, 6.07) is 5.35. The van der Waals surface area contributed by atoms with Gasteiger partial charge in [-0.05, 0) is 43.0 Å². The van der Waals surface area contributed by atoms with Crippen molar-refractivity contribution >= 4 is 23.9 Å². The molecule has 0 radical (unpaired) electrons. The zero-order valence-corrected chi connectivity index (χ0v) is 10.3. The molecule has 0 saturated heterocycles. The molecule has 3 amide bonds. The molecule has 86 valence electrons. The van der Waals surface area contributed by atoms with Crippen molar-refractivity contribution in [2.75, 3.05) is 0 Å². The van der Waals surface area contributed by atoms with Gasteiger partial charge >= 0.3 is 6.03 Å². The number of aryl methyl sites for hydroxylation is 1. The molecule has 0 unspecified atom stereocenters. The Bertz CT molecular complexity index is 418. The molecule has 0 aliphatic heterocycles. The van der Waals surface area contributed by atoms with Gasteiger partial charge in [-0.1, -0.05) is 12.1 Å². The maximum absolute atomic E-state index is 11.2. The standard InChI is InChI=1S/C11H14N2O2S/c1-7-5-4-6-10(8(7)2)16-13-11(15)12-9(3)14/h4-6H,1-3H3,(H2,12,13,14,15). The van der Waals surface area contributed by atoms with Crippen LogP contribution in [0.4, 0.5) is 4.79 Å². The first kappa shape index (κ1) is 12.6. The lowest BCUT2D eigenvalue weighted by Crippen LogP contribution is -2.34. The largest absolute Gasteiger partial charge is 0.331 e. The first-order chi connectivity index (χ1) is 7.50. The number of carbonyl (C=O) groups excluding carboxylic acids is 2. The lowest BCUT2D eigenvalue weighted by atomic mass is 10.1. The first-order valence-corrected chi connectivity index (χ1v) is 5.63. The minimum absolute atomic E-state index is 0.376. The summed E-state index contributed by atoms with van der Waals surface area (Å²) in [7, 11) is 0. The van der Waals surface area contributed by atoms with Crippen LogP contribution < -0.4 is 10.0 Å². The molecule has 0 aromatic heterocycles. The van der Waals surface area contributed by atoms with Crippen LogP contribution in [0.15, 0.2) is 23.1 Å². The van der Waals surface area contributed by atoms with Crippen LogP contribution in [0.1, 0.15) is 18.1 Å². The quantitative estimate of drug-likeness (QED) is 0.776. The summed E-state index contributed by atoms with van der Waals surface area (Å²) in [4.78, 5) is 22.7. The zero-order valence-electron chi connectivity index (χ0n) is 9.46. The third kappa shape index (κ3) is 3.58. The number of hydrogen-bond acceptors (Lipinski definition) is 3. The number of imide groups is 1. The molecule has 0 aliphatic rings. The van der Waals surface area contributed by atoms with E-state index < -0.39 is 6.03 Å². The predicted molar refractivity (Wildman–Crippen MR) is 64.1 cm³/mol. The fraction of sp³-hybridized carbons (Fsp3) is 0.273. The smallest absolute Gasteiger partial charge is 0.278 e. The second-order valence-corrected chi connectivity index (χ2v) is 4.26. The van der Waals surface area contributed by atoms with Crippen LogP contribution >= 0.6 is 11.9 Å². The first-order valence-electron chi connectivity index (χ1n) is 4.81. The zero-order chi connectivity index (χ0) is 12.1. The van der Waals surface area contributed by atoms with Crippen molar-refractivity contribution in [2.45, 2.75) is 25.7 Å². The Morgan fingerprint density at radius 3 is 2.56 bits per heavy atom. The molecular formula is C11H14N2O2S. The Labute approximate surface area is 98.9 Å². The highest BCUT2D eigenvalue weighted by Crippen LogP contribution is 2.21. The van der Waals surface area contributed by atoms with Gasteiger partial charge in [-0.2, -0.15) is 0 Å². The normalized spacial score (nSPS) is 9.69. The molecule has 1 aromatic rings. The fourth-order valence-corrected chi connectivity index (χ4v) is 1.84. The van der Waals surface area contributed by atoms with E-state index in [0.29, 0.717) is 0 Å². The van der Waals surface area contributed by atoms with Crippen LogP contribution in [-0.4, -0.2) is 11.9 Å². The lowest BCUT2D eigenvalue weighted by molar-refractivity contribution is -0.117. The summed E-state index contributed by atoms with van der Waals surface area (Å²) >= 11 is 1.20. The van der Waals surface area contributed by atoms with Gasteiger partial charge in [0.15, 0.2) is 0 Å². The maximum atomic E-state index is 11.2. The Balaban J connectivity index is 2.58. The fourth-order valence-electron chi connectivity index (χ4n) is 1.12. The number of carbonyl (C=O) groups is 2. The molecule has 1 rings (SSSR count). The third-order valence-corrected chi connectivity index (χ3v) is 3.05. The molecule has 5 heteroatoms. The molecule has 0 bridgehead atoms. The van der Waals surface area contributed by atoms with E-state index in [1.54, 1.807) is 0 Å². The molecule has 4 nitrogen and oxygen atoms in total. The van der Waals surface area contributed by atoms with Crippen LogP contribution in [0.25, 0.3) is 0 Å². The number of amides is 3. The average molecular weight is 238 g/mol. The second-order valence-electron chi connectivity index (χ2n) is 3.41. The minimum atomic E-state index is -0.501. The van der Waals surface area contributed by atoms with Gasteiger partial charge in [-0.15, -0.1) is 0 Å². The van der Waals surface area contributed by atoms with E-state index >= 15 is 0 Å². The molecular weight excluding hydrogens is 224 g/mol. The number of hydrogen-bond donors (Lipinski definition) is 2.